The molecule has 19 heavy (non-hydrogen) atoms. The maximum Gasteiger partial charge on any atom is 0.330 e. The molecule has 6 heteroatoms. The van der Waals surface area contributed by atoms with Gasteiger partial charge in [0.15, 0.2) is 5.75 Å². The van der Waals surface area contributed by atoms with Gasteiger partial charge in [0.1, 0.15) is 18.1 Å². The zero-order valence-electron chi connectivity index (χ0n) is 11.1. The average molecular weight is 305 g/mol. The van der Waals surface area contributed by atoms with Crippen LogP contribution in [0.15, 0.2) is 12.7 Å². The molecule has 0 aromatic rings. The van der Waals surface area contributed by atoms with Crippen LogP contribution < -0.4 is 0 Å². The van der Waals surface area contributed by atoms with Crippen molar-refractivity contribution in [3.05, 3.63) is 12.7 Å². The first-order chi connectivity index (χ1) is 9.22. The highest BCUT2D eigenvalue weighted by Crippen LogP contribution is 2.16. The van der Waals surface area contributed by atoms with Gasteiger partial charge < -0.3 is 9.47 Å². The van der Waals surface area contributed by atoms with E-state index >= 15 is 0 Å². The summed E-state index contributed by atoms with van der Waals surface area (Å²) in [5.74, 6) is 3.44. The summed E-state index contributed by atoms with van der Waals surface area (Å²) >= 11 is 1.35. The summed E-state index contributed by atoms with van der Waals surface area (Å²) in [6.45, 7) is 4.39. The van der Waals surface area contributed by atoms with Crippen molar-refractivity contribution in [1.82, 2.24) is 0 Å². The number of carbonyl (C=O) groups is 2. The Kier molecular flexibility index (Phi) is 9.03. The fourth-order valence-corrected chi connectivity index (χ4v) is 4.96. The van der Waals surface area contributed by atoms with Gasteiger partial charge in [-0.15, -0.1) is 0 Å². The molecular formula is C13H21O4S2+. The van der Waals surface area contributed by atoms with Crippen molar-refractivity contribution < 1.29 is 19.1 Å². The van der Waals surface area contributed by atoms with Crippen molar-refractivity contribution in [2.75, 3.05) is 42.8 Å². The van der Waals surface area contributed by atoms with Crippen molar-refractivity contribution >= 4 is 33.7 Å². The van der Waals surface area contributed by atoms with Crippen LogP contribution in [0.4, 0.5) is 0 Å². The Morgan fingerprint density at radius 3 is 2.63 bits per heavy atom. The molecule has 1 saturated heterocycles. The second kappa shape index (κ2) is 10.3. The Labute approximate surface area is 121 Å². The Balaban J connectivity index is 1.88. The topological polar surface area (TPSA) is 52.6 Å². The van der Waals surface area contributed by atoms with Crippen molar-refractivity contribution in [2.45, 2.75) is 12.8 Å². The van der Waals surface area contributed by atoms with E-state index in [9.17, 15) is 9.59 Å². The van der Waals surface area contributed by atoms with Gasteiger partial charge in [-0.25, -0.2) is 4.79 Å². The van der Waals surface area contributed by atoms with Gasteiger partial charge in [0, 0.05) is 11.8 Å². The van der Waals surface area contributed by atoms with Crippen molar-refractivity contribution in [2.24, 2.45) is 0 Å². The molecule has 0 amide bonds. The molecule has 108 valence electrons. The van der Waals surface area contributed by atoms with Crippen LogP contribution >= 0.6 is 11.8 Å². The normalized spacial score (nSPS) is 15.4. The molecule has 0 aliphatic carbocycles. The van der Waals surface area contributed by atoms with E-state index < -0.39 is 5.97 Å². The van der Waals surface area contributed by atoms with E-state index in [0.29, 0.717) is 29.9 Å². The number of ether oxygens (including phenoxy) is 2. The first-order valence-corrected chi connectivity index (χ1v) is 9.11. The minimum absolute atomic E-state index is 0.229. The highest BCUT2D eigenvalue weighted by molar-refractivity contribution is 8.15. The number of carbonyl (C=O) groups excluding carboxylic acids is 2. The van der Waals surface area contributed by atoms with Gasteiger partial charge >= 0.3 is 5.97 Å². The molecular weight excluding hydrogens is 284 g/mol. The lowest BCUT2D eigenvalue weighted by Gasteiger charge is -2.04. The lowest BCUT2D eigenvalue weighted by atomic mass is 10.4. The lowest BCUT2D eigenvalue weighted by molar-refractivity contribution is -0.139. The van der Waals surface area contributed by atoms with Gasteiger partial charge in [-0.2, -0.15) is 0 Å². The standard InChI is InChI=1S/C13H21O4S2/c1-2-12(14)17-6-5-16-7-8-18-13(15)11-19-9-3-4-10-19/h2H,1,3-11H2/q+1. The van der Waals surface area contributed by atoms with E-state index in [1.807, 2.05) is 0 Å². The Morgan fingerprint density at radius 1 is 1.21 bits per heavy atom. The third-order valence-corrected chi connectivity index (χ3v) is 5.99. The molecule has 1 heterocycles. The molecule has 4 nitrogen and oxygen atoms in total. The smallest absolute Gasteiger partial charge is 0.330 e. The van der Waals surface area contributed by atoms with Gasteiger partial charge in [0.2, 0.25) is 5.12 Å². The molecule has 0 saturated carbocycles. The maximum absolute atomic E-state index is 11.6. The second-order valence-electron chi connectivity index (χ2n) is 4.08. The SMILES string of the molecule is C=CC(=O)OCCOCCSC(=O)C[S+]1CCCC1. The maximum atomic E-state index is 11.6. The number of thioether (sulfide) groups is 1. The zero-order valence-corrected chi connectivity index (χ0v) is 12.7. The molecule has 0 aromatic heterocycles. The summed E-state index contributed by atoms with van der Waals surface area (Å²) < 4.78 is 10.0. The molecule has 1 aliphatic rings. The monoisotopic (exact) mass is 305 g/mol. The molecule has 1 aliphatic heterocycles. The number of hydrogen-bond acceptors (Lipinski definition) is 5. The average Bonchev–Trinajstić information content (AvgIpc) is 2.90. The Morgan fingerprint density at radius 2 is 1.95 bits per heavy atom. The summed E-state index contributed by atoms with van der Waals surface area (Å²) in [5.41, 5.74) is 0. The number of hydrogen-bond donors (Lipinski definition) is 0. The van der Waals surface area contributed by atoms with Crippen LogP contribution in [-0.2, 0) is 30.0 Å². The van der Waals surface area contributed by atoms with E-state index in [4.69, 9.17) is 9.47 Å². The fraction of sp³-hybridized carbons (Fsp3) is 0.692. The summed E-state index contributed by atoms with van der Waals surface area (Å²) in [5, 5.41) is 0.284. The van der Waals surface area contributed by atoms with Gasteiger partial charge in [0.05, 0.1) is 13.2 Å². The van der Waals surface area contributed by atoms with Crippen LogP contribution in [0.25, 0.3) is 0 Å². The van der Waals surface area contributed by atoms with E-state index in [1.54, 1.807) is 0 Å². The molecule has 1 rings (SSSR count). The highest BCUT2D eigenvalue weighted by Gasteiger charge is 2.26. The summed E-state index contributed by atoms with van der Waals surface area (Å²) in [6, 6.07) is 0. The molecule has 0 bridgehead atoms. The van der Waals surface area contributed by atoms with Crippen LogP contribution in [-0.4, -0.2) is 53.9 Å². The predicted octanol–water partition coefficient (Wildman–Crippen LogP) is 1.40. The van der Waals surface area contributed by atoms with Crippen molar-refractivity contribution in [3.63, 3.8) is 0 Å². The zero-order chi connectivity index (χ0) is 13.9. The van der Waals surface area contributed by atoms with Crippen molar-refractivity contribution in [1.29, 1.82) is 0 Å². The molecule has 0 unspecified atom stereocenters. The van der Waals surface area contributed by atoms with Crippen LogP contribution in [0.5, 0.6) is 0 Å². The Bertz CT molecular complexity index is 301. The first-order valence-electron chi connectivity index (χ1n) is 6.39. The molecule has 1 fully saturated rings. The largest absolute Gasteiger partial charge is 0.460 e. The molecule has 0 radical (unpaired) electrons. The van der Waals surface area contributed by atoms with E-state index in [1.165, 1.54) is 36.1 Å². The van der Waals surface area contributed by atoms with Crippen LogP contribution in [0, 0.1) is 0 Å². The lowest BCUT2D eigenvalue weighted by Crippen LogP contribution is -2.16. The summed E-state index contributed by atoms with van der Waals surface area (Å²) in [7, 11) is 0.348. The highest BCUT2D eigenvalue weighted by atomic mass is 32.2. The third-order valence-electron chi connectivity index (χ3n) is 2.57. The first kappa shape index (κ1) is 16.6. The van der Waals surface area contributed by atoms with Crippen LogP contribution in [0.1, 0.15) is 12.8 Å². The predicted molar refractivity (Wildman–Crippen MR) is 80.6 cm³/mol. The minimum atomic E-state index is -0.439. The number of rotatable bonds is 9. The van der Waals surface area contributed by atoms with E-state index in [2.05, 4.69) is 6.58 Å². The van der Waals surface area contributed by atoms with E-state index in [-0.39, 0.29) is 11.7 Å². The second-order valence-corrected chi connectivity index (χ2v) is 7.56. The molecule has 0 atom stereocenters. The minimum Gasteiger partial charge on any atom is -0.460 e. The summed E-state index contributed by atoms with van der Waals surface area (Å²) in [4.78, 5) is 22.4. The molecule has 0 aromatic carbocycles. The van der Waals surface area contributed by atoms with Crippen LogP contribution in [0.3, 0.4) is 0 Å². The van der Waals surface area contributed by atoms with E-state index in [0.717, 1.165) is 11.8 Å². The van der Waals surface area contributed by atoms with Crippen molar-refractivity contribution in [3.8, 4) is 0 Å². The van der Waals surface area contributed by atoms with Gasteiger partial charge in [-0.1, -0.05) is 18.3 Å². The third kappa shape index (κ3) is 8.34. The summed E-state index contributed by atoms with van der Waals surface area (Å²) in [6.07, 6.45) is 3.69. The van der Waals surface area contributed by atoms with Crippen LogP contribution in [0.2, 0.25) is 0 Å². The molecule has 0 N–H and O–H groups in total. The van der Waals surface area contributed by atoms with Gasteiger partial charge in [-0.3, -0.25) is 4.79 Å². The van der Waals surface area contributed by atoms with Gasteiger partial charge in [0.25, 0.3) is 0 Å². The molecule has 0 spiro atoms. The fourth-order valence-electron chi connectivity index (χ4n) is 1.64. The Hall–Kier alpha value is -0.460. The number of esters is 1. The quantitative estimate of drug-likeness (QED) is 0.279. The van der Waals surface area contributed by atoms with Gasteiger partial charge in [-0.05, 0) is 23.7 Å².